The number of para-hydroxylation sites is 1. The van der Waals surface area contributed by atoms with Gasteiger partial charge in [-0.15, -0.1) is 0 Å². The van der Waals surface area contributed by atoms with Gasteiger partial charge in [0.05, 0.1) is 5.69 Å². The third-order valence-electron chi connectivity index (χ3n) is 6.72. The van der Waals surface area contributed by atoms with E-state index in [0.29, 0.717) is 25.2 Å². The van der Waals surface area contributed by atoms with Crippen LogP contribution < -0.4 is 4.90 Å². The molecular formula is C21H23FN4O2. The molecule has 1 spiro atoms. The molecule has 7 heteroatoms. The van der Waals surface area contributed by atoms with Crippen molar-refractivity contribution in [1.82, 2.24) is 14.9 Å². The minimum atomic E-state index is -1.03. The van der Waals surface area contributed by atoms with Crippen molar-refractivity contribution < 1.29 is 14.3 Å². The number of benzene rings is 1. The standard InChI is InChI=1S/C21H23FN4O2/c1-13-10-15(22)18-17(13)19(24-12-23-18)26-11-21(14-4-2-3-5-16(14)26)6-8-25(9-7-21)20(27)28/h2-5,12-13,15H,6-11H2,1H3,(H,27,28)/t13-,15+/m1/s1. The zero-order chi connectivity index (χ0) is 19.5. The van der Waals surface area contributed by atoms with Crippen molar-refractivity contribution in [3.8, 4) is 0 Å². The van der Waals surface area contributed by atoms with Crippen molar-refractivity contribution in [2.75, 3.05) is 24.5 Å². The number of fused-ring (bicyclic) bond motifs is 3. The number of alkyl halides is 1. The van der Waals surface area contributed by atoms with Crippen LogP contribution in [-0.4, -0.2) is 45.7 Å². The number of aromatic nitrogens is 2. The molecule has 6 nitrogen and oxygen atoms in total. The third-order valence-corrected chi connectivity index (χ3v) is 6.72. The number of halogens is 1. The lowest BCUT2D eigenvalue weighted by atomic mass is 9.74. The molecular weight excluding hydrogens is 359 g/mol. The Bertz CT molecular complexity index is 942. The van der Waals surface area contributed by atoms with E-state index in [4.69, 9.17) is 0 Å². The molecule has 0 unspecified atom stereocenters. The first-order chi connectivity index (χ1) is 13.5. The van der Waals surface area contributed by atoms with Crippen LogP contribution in [-0.2, 0) is 5.41 Å². The van der Waals surface area contributed by atoms with Gasteiger partial charge in [0.1, 0.15) is 18.3 Å². The minimum Gasteiger partial charge on any atom is -0.465 e. The van der Waals surface area contributed by atoms with Gasteiger partial charge in [0.2, 0.25) is 0 Å². The van der Waals surface area contributed by atoms with Crippen molar-refractivity contribution in [1.29, 1.82) is 0 Å². The topological polar surface area (TPSA) is 69.6 Å². The largest absolute Gasteiger partial charge is 0.465 e. The van der Waals surface area contributed by atoms with Crippen LogP contribution in [0.5, 0.6) is 0 Å². The number of likely N-dealkylation sites (tertiary alicyclic amines) is 1. The summed E-state index contributed by atoms with van der Waals surface area (Å²) in [7, 11) is 0. The molecule has 0 saturated carbocycles. The van der Waals surface area contributed by atoms with Gasteiger partial charge in [-0.3, -0.25) is 0 Å². The van der Waals surface area contributed by atoms with Crippen LogP contribution in [0.15, 0.2) is 30.6 Å². The van der Waals surface area contributed by atoms with E-state index in [1.54, 1.807) is 0 Å². The van der Waals surface area contributed by atoms with Crippen LogP contribution in [0.1, 0.15) is 55.1 Å². The number of hydrogen-bond acceptors (Lipinski definition) is 4. The molecule has 28 heavy (non-hydrogen) atoms. The Hall–Kier alpha value is -2.70. The van der Waals surface area contributed by atoms with Crippen molar-refractivity contribution in [2.24, 2.45) is 0 Å². The molecule has 2 atom stereocenters. The van der Waals surface area contributed by atoms with E-state index in [0.717, 1.165) is 36.5 Å². The molecule has 0 radical (unpaired) electrons. The summed E-state index contributed by atoms with van der Waals surface area (Å²) < 4.78 is 14.4. The van der Waals surface area contributed by atoms with Crippen LogP contribution in [0.25, 0.3) is 0 Å². The smallest absolute Gasteiger partial charge is 0.407 e. The molecule has 3 aliphatic rings. The third kappa shape index (κ3) is 2.41. The predicted octanol–water partition coefficient (Wildman–Crippen LogP) is 4.16. The molecule has 2 aromatic rings. The normalized spacial score (nSPS) is 25.1. The minimum absolute atomic E-state index is 0.0822. The van der Waals surface area contributed by atoms with E-state index in [9.17, 15) is 14.3 Å². The fourth-order valence-electron chi connectivity index (χ4n) is 5.25. The second-order valence-electron chi connectivity index (χ2n) is 8.25. The molecule has 1 amide bonds. The Morgan fingerprint density at radius 2 is 2.00 bits per heavy atom. The summed E-state index contributed by atoms with van der Waals surface area (Å²) in [4.78, 5) is 23.9. The summed E-state index contributed by atoms with van der Waals surface area (Å²) in [5, 5.41) is 9.32. The molecule has 3 heterocycles. The van der Waals surface area contributed by atoms with E-state index in [1.807, 2.05) is 19.1 Å². The van der Waals surface area contributed by atoms with Gasteiger partial charge in [-0.2, -0.15) is 0 Å². The van der Waals surface area contributed by atoms with E-state index >= 15 is 0 Å². The van der Waals surface area contributed by atoms with E-state index in [-0.39, 0.29) is 11.3 Å². The number of anilines is 2. The van der Waals surface area contributed by atoms with Gasteiger partial charge in [0, 0.05) is 36.3 Å². The van der Waals surface area contributed by atoms with Crippen LogP contribution in [0, 0.1) is 0 Å². The highest BCUT2D eigenvalue weighted by Gasteiger charge is 2.47. The van der Waals surface area contributed by atoms with Crippen molar-refractivity contribution in [3.05, 3.63) is 47.4 Å². The van der Waals surface area contributed by atoms with Crippen LogP contribution in [0.4, 0.5) is 20.7 Å². The maximum absolute atomic E-state index is 14.4. The first kappa shape index (κ1) is 17.4. The molecule has 1 fully saturated rings. The number of piperidine rings is 1. The summed E-state index contributed by atoms with van der Waals surface area (Å²) in [6.07, 6.45) is 1.60. The second kappa shape index (κ2) is 6.15. The van der Waals surface area contributed by atoms with Crippen LogP contribution in [0.2, 0.25) is 0 Å². The Morgan fingerprint density at radius 3 is 2.75 bits per heavy atom. The average Bonchev–Trinajstić information content (AvgIpc) is 3.17. The summed E-state index contributed by atoms with van der Waals surface area (Å²) >= 11 is 0. The van der Waals surface area contributed by atoms with Gasteiger partial charge in [-0.25, -0.2) is 19.2 Å². The van der Waals surface area contributed by atoms with E-state index in [2.05, 4.69) is 27.0 Å². The first-order valence-electron chi connectivity index (χ1n) is 9.84. The predicted molar refractivity (Wildman–Crippen MR) is 103 cm³/mol. The molecule has 1 aliphatic carbocycles. The monoisotopic (exact) mass is 382 g/mol. The average molecular weight is 382 g/mol. The lowest BCUT2D eigenvalue weighted by Gasteiger charge is -2.38. The maximum atomic E-state index is 14.4. The van der Waals surface area contributed by atoms with Gasteiger partial charge < -0.3 is 14.9 Å². The van der Waals surface area contributed by atoms with Gasteiger partial charge in [0.25, 0.3) is 0 Å². The summed E-state index contributed by atoms with van der Waals surface area (Å²) in [6, 6.07) is 8.29. The van der Waals surface area contributed by atoms with Crippen molar-refractivity contribution >= 4 is 17.6 Å². The van der Waals surface area contributed by atoms with Crippen molar-refractivity contribution in [3.63, 3.8) is 0 Å². The molecule has 1 saturated heterocycles. The van der Waals surface area contributed by atoms with Crippen LogP contribution in [0.3, 0.4) is 0 Å². The second-order valence-corrected chi connectivity index (χ2v) is 8.25. The fourth-order valence-corrected chi connectivity index (χ4v) is 5.25. The van der Waals surface area contributed by atoms with E-state index < -0.39 is 12.3 Å². The summed E-state index contributed by atoms with van der Waals surface area (Å²) in [6.45, 7) is 3.84. The van der Waals surface area contributed by atoms with Gasteiger partial charge in [-0.05, 0) is 36.8 Å². The Kier molecular flexibility index (Phi) is 3.82. The molecule has 1 aromatic heterocycles. The Balaban J connectivity index is 1.57. The number of carboxylic acid groups (broad SMARTS) is 1. The fraction of sp³-hybridized carbons (Fsp3) is 0.476. The number of amides is 1. The van der Waals surface area contributed by atoms with Crippen molar-refractivity contribution in [2.45, 2.75) is 43.7 Å². The van der Waals surface area contributed by atoms with Gasteiger partial charge in [0.15, 0.2) is 0 Å². The summed E-state index contributed by atoms with van der Waals surface area (Å²) in [5.74, 6) is 0.890. The zero-order valence-corrected chi connectivity index (χ0v) is 15.8. The first-order valence-corrected chi connectivity index (χ1v) is 9.84. The molecule has 1 N–H and O–H groups in total. The van der Waals surface area contributed by atoms with Gasteiger partial charge >= 0.3 is 6.09 Å². The number of rotatable bonds is 1. The zero-order valence-electron chi connectivity index (χ0n) is 15.8. The lowest BCUT2D eigenvalue weighted by molar-refractivity contribution is 0.119. The van der Waals surface area contributed by atoms with E-state index in [1.165, 1.54) is 16.8 Å². The molecule has 146 valence electrons. The SMILES string of the molecule is C[C@@H]1C[C@H](F)c2ncnc(N3CC4(CCN(C(=O)O)CC4)c4ccccc43)c21. The molecule has 5 rings (SSSR count). The highest BCUT2D eigenvalue weighted by molar-refractivity contribution is 5.74. The molecule has 1 aromatic carbocycles. The maximum Gasteiger partial charge on any atom is 0.407 e. The number of hydrogen-bond donors (Lipinski definition) is 1. The highest BCUT2D eigenvalue weighted by atomic mass is 19.1. The highest BCUT2D eigenvalue weighted by Crippen LogP contribution is 2.52. The molecule has 0 bridgehead atoms. The Labute approximate surface area is 163 Å². The lowest BCUT2D eigenvalue weighted by Crippen LogP contribution is -2.46. The molecule has 2 aliphatic heterocycles. The number of carbonyl (C=O) groups is 1. The van der Waals surface area contributed by atoms with Gasteiger partial charge in [-0.1, -0.05) is 25.1 Å². The van der Waals surface area contributed by atoms with Crippen LogP contribution >= 0.6 is 0 Å². The number of nitrogens with zero attached hydrogens (tertiary/aromatic N) is 4. The summed E-state index contributed by atoms with van der Waals surface area (Å²) in [5.41, 5.74) is 3.69. The quantitative estimate of drug-likeness (QED) is 0.802. The Morgan fingerprint density at radius 1 is 1.25 bits per heavy atom.